The van der Waals surface area contributed by atoms with Gasteiger partial charge in [-0.05, 0) is 24.1 Å². The van der Waals surface area contributed by atoms with Crippen LogP contribution in [0.3, 0.4) is 0 Å². The first-order valence-corrected chi connectivity index (χ1v) is 11.8. The van der Waals surface area contributed by atoms with E-state index < -0.39 is 18.2 Å². The molecule has 1 saturated heterocycles. The summed E-state index contributed by atoms with van der Waals surface area (Å²) in [5.41, 5.74) is 3.93. The molecule has 0 spiro atoms. The molecule has 1 aromatic carbocycles. The first-order valence-electron chi connectivity index (χ1n) is 11.0. The monoisotopic (exact) mass is 490 g/mol. The van der Waals surface area contributed by atoms with Gasteiger partial charge in [0.15, 0.2) is 12.2 Å². The second kappa shape index (κ2) is 11.3. The number of carbonyl (C=O) groups is 2. The lowest BCUT2D eigenvalue weighted by atomic mass is 10.1. The summed E-state index contributed by atoms with van der Waals surface area (Å²) < 4.78 is 1.00. The number of amides is 3. The maximum Gasteiger partial charge on any atom is 0.325 e. The Morgan fingerprint density at radius 1 is 1.13 bits per heavy atom. The van der Waals surface area contributed by atoms with E-state index in [0.717, 1.165) is 22.9 Å². The number of nitrogens with zero attached hydrogens (tertiary/aromatic N) is 4. The highest BCUT2D eigenvalue weighted by Crippen LogP contribution is 2.24. The minimum atomic E-state index is -0.545. The van der Waals surface area contributed by atoms with Gasteiger partial charge in [-0.3, -0.25) is 10.1 Å². The summed E-state index contributed by atoms with van der Waals surface area (Å²) in [6, 6.07) is 6.82. The van der Waals surface area contributed by atoms with Crippen molar-refractivity contribution in [1.29, 1.82) is 0 Å². The summed E-state index contributed by atoms with van der Waals surface area (Å²) in [6.07, 6.45) is 9.45. The Bertz CT molecular complexity index is 826. The molecule has 2 N–H and O–H groups in total. The van der Waals surface area contributed by atoms with Crippen LogP contribution >= 0.6 is 15.9 Å². The van der Waals surface area contributed by atoms with E-state index in [1.807, 2.05) is 29.2 Å². The van der Waals surface area contributed by atoms with Crippen molar-refractivity contribution < 1.29 is 9.59 Å². The molecular formula is C22H31BrN6O2. The van der Waals surface area contributed by atoms with Gasteiger partial charge in [-0.25, -0.2) is 15.2 Å². The molecule has 0 radical (unpaired) electrons. The molecular weight excluding hydrogens is 460 g/mol. The van der Waals surface area contributed by atoms with Gasteiger partial charge in [-0.1, -0.05) is 73.5 Å². The number of hydrogen-bond acceptors (Lipinski definition) is 6. The van der Waals surface area contributed by atoms with Crippen LogP contribution in [-0.2, 0) is 4.79 Å². The molecule has 3 rings (SSSR count). The van der Waals surface area contributed by atoms with Crippen molar-refractivity contribution >= 4 is 40.0 Å². The second-order valence-corrected chi connectivity index (χ2v) is 8.87. The lowest BCUT2D eigenvalue weighted by molar-refractivity contribution is -0.127. The van der Waals surface area contributed by atoms with Crippen LogP contribution < -0.4 is 10.7 Å². The molecule has 0 aliphatic carbocycles. The number of nitrogens with one attached hydrogen (secondary N) is 2. The number of urea groups is 1. The average Bonchev–Trinajstić information content (AvgIpc) is 3.12. The summed E-state index contributed by atoms with van der Waals surface area (Å²) >= 11 is 3.42. The highest BCUT2D eigenvalue weighted by molar-refractivity contribution is 9.10. The molecule has 2 aliphatic heterocycles. The molecule has 168 valence electrons. The molecule has 0 saturated carbocycles. The van der Waals surface area contributed by atoms with Crippen LogP contribution in [0.1, 0.15) is 57.4 Å². The van der Waals surface area contributed by atoms with E-state index in [-0.39, 0.29) is 5.91 Å². The zero-order chi connectivity index (χ0) is 22.2. The maximum absolute atomic E-state index is 12.6. The third-order valence-electron chi connectivity index (χ3n) is 5.61. The standard InChI is InChI=1S/C22H31BrN6O2/c1-3-4-5-6-7-8-9-14-29-18-19(28(2)22(31)26-20(18)30)25-21(29)27-24-15-16-10-12-17(23)13-11-16/h10-13,15,18-19H,3-9,14H2,1-2H3,(H,25,27)(H,26,30,31)/b24-15+. The van der Waals surface area contributed by atoms with Crippen LogP contribution in [0.25, 0.3) is 0 Å². The fourth-order valence-corrected chi connectivity index (χ4v) is 4.08. The quantitative estimate of drug-likeness (QED) is 0.297. The van der Waals surface area contributed by atoms with Crippen molar-refractivity contribution in [2.75, 3.05) is 13.6 Å². The molecule has 0 bridgehead atoms. The van der Waals surface area contributed by atoms with Gasteiger partial charge in [-0.15, -0.1) is 0 Å². The minimum Gasteiger partial charge on any atom is -0.326 e. The Labute approximate surface area is 192 Å². The van der Waals surface area contributed by atoms with Crippen LogP contribution in [0.4, 0.5) is 4.79 Å². The lowest BCUT2D eigenvalue weighted by Gasteiger charge is -2.36. The summed E-state index contributed by atoms with van der Waals surface area (Å²) in [5.74, 6) is 0.208. The Balaban J connectivity index is 1.64. The number of aliphatic imine (C=N–C) groups is 1. The van der Waals surface area contributed by atoms with Gasteiger partial charge >= 0.3 is 6.03 Å². The van der Waals surface area contributed by atoms with Crippen molar-refractivity contribution in [3.05, 3.63) is 34.3 Å². The number of halogens is 1. The van der Waals surface area contributed by atoms with Crippen molar-refractivity contribution in [2.45, 2.75) is 64.1 Å². The number of rotatable bonds is 10. The molecule has 2 aliphatic rings. The number of benzene rings is 1. The Morgan fingerprint density at radius 2 is 1.81 bits per heavy atom. The van der Waals surface area contributed by atoms with Gasteiger partial charge in [0.25, 0.3) is 5.91 Å². The second-order valence-electron chi connectivity index (χ2n) is 7.95. The number of unbranched alkanes of at least 4 members (excludes halogenated alkanes) is 6. The minimum absolute atomic E-state index is 0.312. The largest absolute Gasteiger partial charge is 0.326 e. The fraction of sp³-hybridized carbons (Fsp3) is 0.545. The highest BCUT2D eigenvalue weighted by Gasteiger charge is 2.48. The van der Waals surface area contributed by atoms with Crippen LogP contribution in [0.5, 0.6) is 0 Å². The molecule has 8 nitrogen and oxygen atoms in total. The third kappa shape index (κ3) is 6.06. The van der Waals surface area contributed by atoms with Crippen molar-refractivity contribution in [3.63, 3.8) is 0 Å². The Morgan fingerprint density at radius 3 is 2.52 bits per heavy atom. The normalized spacial score (nSPS) is 20.8. The van der Waals surface area contributed by atoms with E-state index in [4.69, 9.17) is 0 Å². The number of fused-ring (bicyclic) bond motifs is 1. The zero-order valence-corrected chi connectivity index (χ0v) is 19.8. The Hall–Kier alpha value is -2.42. The number of hydrogen-bond donors (Lipinski definition) is 2. The first-order chi connectivity index (χ1) is 15.0. The summed E-state index contributed by atoms with van der Waals surface area (Å²) in [6.45, 7) is 2.90. The van der Waals surface area contributed by atoms with Gasteiger partial charge in [0.1, 0.15) is 0 Å². The van der Waals surface area contributed by atoms with Crippen molar-refractivity contribution in [3.8, 4) is 0 Å². The first kappa shape index (κ1) is 23.2. The number of guanidine groups is 1. The predicted octanol–water partition coefficient (Wildman–Crippen LogP) is 3.67. The zero-order valence-electron chi connectivity index (χ0n) is 18.2. The molecule has 1 aromatic rings. The highest BCUT2D eigenvalue weighted by atomic mass is 79.9. The van der Waals surface area contributed by atoms with Gasteiger partial charge in [-0.2, -0.15) is 5.10 Å². The van der Waals surface area contributed by atoms with Crippen molar-refractivity contribution in [1.82, 2.24) is 20.5 Å². The fourth-order valence-electron chi connectivity index (χ4n) is 3.82. The number of hydrazone groups is 1. The number of imide groups is 1. The van der Waals surface area contributed by atoms with Gasteiger partial charge in [0.2, 0.25) is 5.96 Å². The number of likely N-dealkylation sites (N-methyl/N-ethyl adjacent to an activating group) is 1. The van der Waals surface area contributed by atoms with Crippen LogP contribution in [0, 0.1) is 0 Å². The molecule has 2 unspecified atom stereocenters. The third-order valence-corrected chi connectivity index (χ3v) is 6.14. The summed E-state index contributed by atoms with van der Waals surface area (Å²) in [7, 11) is 1.66. The summed E-state index contributed by atoms with van der Waals surface area (Å²) in [5, 5.41) is 6.74. The van der Waals surface area contributed by atoms with Gasteiger partial charge in [0.05, 0.1) is 6.21 Å². The molecule has 3 amide bonds. The molecule has 9 heteroatoms. The summed E-state index contributed by atoms with van der Waals surface area (Å²) in [4.78, 5) is 32.6. The number of carbonyl (C=O) groups excluding carboxylic acids is 2. The van der Waals surface area contributed by atoms with E-state index >= 15 is 0 Å². The van der Waals surface area contributed by atoms with Crippen molar-refractivity contribution in [2.24, 2.45) is 10.1 Å². The van der Waals surface area contributed by atoms with Gasteiger partial charge < -0.3 is 9.80 Å². The van der Waals surface area contributed by atoms with E-state index in [9.17, 15) is 9.59 Å². The molecule has 0 aromatic heterocycles. The van der Waals surface area contributed by atoms with E-state index in [2.05, 4.69) is 43.7 Å². The van der Waals surface area contributed by atoms with E-state index in [0.29, 0.717) is 12.5 Å². The molecule has 1 fully saturated rings. The van der Waals surface area contributed by atoms with Gasteiger partial charge in [0, 0.05) is 18.1 Å². The smallest absolute Gasteiger partial charge is 0.325 e. The lowest BCUT2D eigenvalue weighted by Crippen LogP contribution is -2.64. The predicted molar refractivity (Wildman–Crippen MR) is 126 cm³/mol. The molecule has 2 atom stereocenters. The average molecular weight is 491 g/mol. The maximum atomic E-state index is 12.6. The van der Waals surface area contributed by atoms with Crippen LogP contribution in [0.15, 0.2) is 38.8 Å². The van der Waals surface area contributed by atoms with Crippen LogP contribution in [0.2, 0.25) is 0 Å². The molecule has 31 heavy (non-hydrogen) atoms. The SMILES string of the molecule is CCCCCCCCCN1C(N/N=C/c2ccc(Br)cc2)=NC2C1C(=O)NC(=O)N2C. The topological polar surface area (TPSA) is 89.4 Å². The Kier molecular flexibility index (Phi) is 8.45. The van der Waals surface area contributed by atoms with E-state index in [1.165, 1.54) is 37.0 Å². The molecule has 2 heterocycles. The van der Waals surface area contributed by atoms with E-state index in [1.54, 1.807) is 13.3 Å². The van der Waals surface area contributed by atoms with Crippen LogP contribution in [-0.4, -0.2) is 59.7 Å².